The molecule has 0 saturated carbocycles. The molecule has 0 aliphatic heterocycles. The highest BCUT2D eigenvalue weighted by atomic mass is 19.1. The van der Waals surface area contributed by atoms with Gasteiger partial charge in [-0.1, -0.05) is 13.8 Å². The van der Waals surface area contributed by atoms with Crippen molar-refractivity contribution in [3.63, 3.8) is 0 Å². The Hall–Kier alpha value is -1.00. The maximum atomic E-state index is 13.1. The number of pyridine rings is 1. The number of rotatable bonds is 6. The van der Waals surface area contributed by atoms with E-state index in [-0.39, 0.29) is 5.82 Å². The maximum absolute atomic E-state index is 13.1. The number of hydrogen-bond acceptors (Lipinski definition) is 3. The van der Waals surface area contributed by atoms with Crippen molar-refractivity contribution in [3.8, 4) is 0 Å². The molecule has 0 spiro atoms. The van der Waals surface area contributed by atoms with Crippen LogP contribution in [0.5, 0.6) is 0 Å². The summed E-state index contributed by atoms with van der Waals surface area (Å²) in [6, 6.07) is 2.18. The number of halogens is 1. The van der Waals surface area contributed by atoms with E-state index in [4.69, 9.17) is 0 Å². The van der Waals surface area contributed by atoms with Crippen molar-refractivity contribution in [2.24, 2.45) is 0 Å². The number of hydrogen-bond donors (Lipinski definition) is 2. The Morgan fingerprint density at radius 2 is 2.20 bits per heavy atom. The van der Waals surface area contributed by atoms with Crippen molar-refractivity contribution in [2.45, 2.75) is 26.4 Å². The molecule has 2 N–H and O–H groups in total. The van der Waals surface area contributed by atoms with Crippen LogP contribution in [0.2, 0.25) is 0 Å². The van der Waals surface area contributed by atoms with Gasteiger partial charge in [-0.3, -0.25) is 4.98 Å². The van der Waals surface area contributed by atoms with Gasteiger partial charge in [0.15, 0.2) is 0 Å². The number of aromatic nitrogens is 1. The first-order chi connectivity index (χ1) is 7.20. The van der Waals surface area contributed by atoms with Gasteiger partial charge in [-0.15, -0.1) is 0 Å². The van der Waals surface area contributed by atoms with Crippen LogP contribution in [0.3, 0.4) is 0 Å². The molecule has 0 aliphatic carbocycles. The van der Waals surface area contributed by atoms with Gasteiger partial charge in [-0.05, 0) is 6.07 Å². The molecule has 0 amide bonds. The van der Waals surface area contributed by atoms with Crippen LogP contribution in [0.1, 0.15) is 19.4 Å². The number of nitrogens with one attached hydrogen (secondary N) is 2. The molecular formula is C11H18FN3. The first-order valence-corrected chi connectivity index (χ1v) is 5.22. The van der Waals surface area contributed by atoms with Gasteiger partial charge in [0, 0.05) is 37.4 Å². The Bertz CT molecular complexity index is 289. The van der Waals surface area contributed by atoms with Crippen LogP contribution in [-0.2, 0) is 6.54 Å². The lowest BCUT2D eigenvalue weighted by atomic mass is 10.2. The second kappa shape index (κ2) is 6.48. The van der Waals surface area contributed by atoms with Gasteiger partial charge in [0.1, 0.15) is 5.82 Å². The highest BCUT2D eigenvalue weighted by Crippen LogP contribution is 2.02. The normalized spacial score (nSPS) is 10.9. The smallest absolute Gasteiger partial charge is 0.145 e. The van der Waals surface area contributed by atoms with Gasteiger partial charge in [0.25, 0.3) is 0 Å². The SMILES string of the molecule is CC(C)NCCNCc1ccncc1F. The van der Waals surface area contributed by atoms with E-state index in [1.165, 1.54) is 6.20 Å². The van der Waals surface area contributed by atoms with Crippen LogP contribution in [0.4, 0.5) is 4.39 Å². The summed E-state index contributed by atoms with van der Waals surface area (Å²) in [7, 11) is 0. The molecule has 84 valence electrons. The van der Waals surface area contributed by atoms with Crippen LogP contribution in [0.25, 0.3) is 0 Å². The summed E-state index contributed by atoms with van der Waals surface area (Å²) in [5, 5.41) is 6.45. The molecule has 0 atom stereocenters. The molecule has 4 heteroatoms. The fraction of sp³-hybridized carbons (Fsp3) is 0.545. The van der Waals surface area contributed by atoms with Gasteiger partial charge in [0.2, 0.25) is 0 Å². The molecule has 0 bridgehead atoms. The van der Waals surface area contributed by atoms with Crippen LogP contribution < -0.4 is 10.6 Å². The van der Waals surface area contributed by atoms with Crippen molar-refractivity contribution in [1.82, 2.24) is 15.6 Å². The minimum Gasteiger partial charge on any atom is -0.313 e. The molecule has 15 heavy (non-hydrogen) atoms. The Morgan fingerprint density at radius 3 is 2.87 bits per heavy atom. The molecule has 1 rings (SSSR count). The Kier molecular flexibility index (Phi) is 5.21. The summed E-state index contributed by atoms with van der Waals surface area (Å²) in [5.74, 6) is -0.248. The topological polar surface area (TPSA) is 37.0 Å². The highest BCUT2D eigenvalue weighted by Gasteiger charge is 1.99. The monoisotopic (exact) mass is 211 g/mol. The van der Waals surface area contributed by atoms with Gasteiger partial charge in [0.05, 0.1) is 6.20 Å². The molecule has 0 saturated heterocycles. The van der Waals surface area contributed by atoms with Crippen molar-refractivity contribution in [1.29, 1.82) is 0 Å². The first-order valence-electron chi connectivity index (χ1n) is 5.22. The summed E-state index contributed by atoms with van der Waals surface area (Å²) in [4.78, 5) is 3.70. The van der Waals surface area contributed by atoms with Crippen LogP contribution in [0, 0.1) is 5.82 Å². The van der Waals surface area contributed by atoms with E-state index >= 15 is 0 Å². The Balaban J connectivity index is 2.18. The van der Waals surface area contributed by atoms with Crippen LogP contribution in [0.15, 0.2) is 18.5 Å². The third-order valence-corrected chi connectivity index (χ3v) is 2.03. The summed E-state index contributed by atoms with van der Waals surface area (Å²) in [6.45, 7) is 6.48. The third kappa shape index (κ3) is 4.85. The van der Waals surface area contributed by atoms with Crippen molar-refractivity contribution < 1.29 is 4.39 Å². The molecule has 1 aromatic heterocycles. The van der Waals surface area contributed by atoms with E-state index in [9.17, 15) is 4.39 Å². The van der Waals surface area contributed by atoms with E-state index in [1.807, 2.05) is 0 Å². The molecule has 3 nitrogen and oxygen atoms in total. The maximum Gasteiger partial charge on any atom is 0.145 e. The molecule has 1 aromatic rings. The van der Waals surface area contributed by atoms with E-state index < -0.39 is 0 Å². The molecule has 0 fully saturated rings. The average molecular weight is 211 g/mol. The van der Waals surface area contributed by atoms with Crippen LogP contribution in [-0.4, -0.2) is 24.1 Å². The fourth-order valence-corrected chi connectivity index (χ4v) is 1.22. The molecular weight excluding hydrogens is 193 g/mol. The van der Waals surface area contributed by atoms with Crippen molar-refractivity contribution >= 4 is 0 Å². The summed E-state index contributed by atoms with van der Waals surface area (Å²) in [5.41, 5.74) is 0.662. The van der Waals surface area contributed by atoms with Gasteiger partial charge < -0.3 is 10.6 Å². The largest absolute Gasteiger partial charge is 0.313 e. The Labute approximate surface area is 90.1 Å². The predicted molar refractivity (Wildman–Crippen MR) is 59.0 cm³/mol. The fourth-order valence-electron chi connectivity index (χ4n) is 1.22. The lowest BCUT2D eigenvalue weighted by Crippen LogP contribution is -2.31. The molecule has 1 heterocycles. The standard InChI is InChI=1S/C11H18FN3/c1-9(2)15-6-5-14-7-10-3-4-13-8-11(10)12/h3-4,8-9,14-15H,5-7H2,1-2H3. The summed E-state index contributed by atoms with van der Waals surface area (Å²) >= 11 is 0. The zero-order valence-electron chi connectivity index (χ0n) is 9.26. The molecule has 0 aliphatic rings. The quantitative estimate of drug-likeness (QED) is 0.697. The van der Waals surface area contributed by atoms with Crippen LogP contribution >= 0.6 is 0 Å². The second-order valence-electron chi connectivity index (χ2n) is 3.75. The summed E-state index contributed by atoms with van der Waals surface area (Å²) in [6.07, 6.45) is 2.84. The minimum absolute atomic E-state index is 0.248. The van der Waals surface area contributed by atoms with Gasteiger partial charge in [-0.2, -0.15) is 0 Å². The zero-order valence-corrected chi connectivity index (χ0v) is 9.26. The highest BCUT2D eigenvalue weighted by molar-refractivity contribution is 5.11. The van der Waals surface area contributed by atoms with E-state index in [2.05, 4.69) is 29.5 Å². The first kappa shape index (κ1) is 12.1. The Morgan fingerprint density at radius 1 is 1.40 bits per heavy atom. The second-order valence-corrected chi connectivity index (χ2v) is 3.75. The summed E-state index contributed by atoms with van der Waals surface area (Å²) < 4.78 is 13.1. The van der Waals surface area contributed by atoms with E-state index in [0.717, 1.165) is 13.1 Å². The lowest BCUT2D eigenvalue weighted by Gasteiger charge is -2.09. The van der Waals surface area contributed by atoms with E-state index in [0.29, 0.717) is 18.2 Å². The van der Waals surface area contributed by atoms with Crippen molar-refractivity contribution in [3.05, 3.63) is 29.8 Å². The van der Waals surface area contributed by atoms with Crippen molar-refractivity contribution in [2.75, 3.05) is 13.1 Å². The molecule has 0 unspecified atom stereocenters. The zero-order chi connectivity index (χ0) is 11.1. The average Bonchev–Trinajstić information content (AvgIpc) is 2.20. The minimum atomic E-state index is -0.248. The van der Waals surface area contributed by atoms with Gasteiger partial charge >= 0.3 is 0 Å². The van der Waals surface area contributed by atoms with Gasteiger partial charge in [-0.25, -0.2) is 4.39 Å². The van der Waals surface area contributed by atoms with E-state index in [1.54, 1.807) is 12.3 Å². The third-order valence-electron chi connectivity index (χ3n) is 2.03. The predicted octanol–water partition coefficient (Wildman–Crippen LogP) is 1.31. The lowest BCUT2D eigenvalue weighted by molar-refractivity contribution is 0.543. The number of nitrogens with zero attached hydrogens (tertiary/aromatic N) is 1. The molecule has 0 radical (unpaired) electrons. The molecule has 0 aromatic carbocycles.